The van der Waals surface area contributed by atoms with Gasteiger partial charge in [-0.2, -0.15) is 11.8 Å². The third-order valence-electron chi connectivity index (χ3n) is 5.04. The quantitative estimate of drug-likeness (QED) is 0.581. The molecule has 128 valence electrons. The first kappa shape index (κ1) is 17.9. The maximum Gasteiger partial charge on any atom is 0.191 e. The van der Waals surface area contributed by atoms with Crippen molar-refractivity contribution in [2.45, 2.75) is 51.5 Å². The minimum absolute atomic E-state index is 0.372. The largest absolute Gasteiger partial charge is 0.356 e. The highest BCUT2D eigenvalue weighted by molar-refractivity contribution is 7.99. The van der Waals surface area contributed by atoms with Crippen LogP contribution < -0.4 is 10.6 Å². The molecule has 0 radical (unpaired) electrons. The van der Waals surface area contributed by atoms with Crippen LogP contribution in [0.15, 0.2) is 4.99 Å². The fraction of sp³-hybridized carbons (Fsp3) is 0.941. The summed E-state index contributed by atoms with van der Waals surface area (Å²) in [4.78, 5) is 7.15. The summed E-state index contributed by atoms with van der Waals surface area (Å²) < 4.78 is 0. The Morgan fingerprint density at radius 2 is 1.86 bits per heavy atom. The van der Waals surface area contributed by atoms with Crippen LogP contribution >= 0.6 is 11.8 Å². The van der Waals surface area contributed by atoms with Gasteiger partial charge in [-0.25, -0.2) is 0 Å². The molecule has 2 rings (SSSR count). The zero-order valence-electron chi connectivity index (χ0n) is 14.7. The van der Waals surface area contributed by atoms with E-state index in [0.29, 0.717) is 5.54 Å². The first-order valence-corrected chi connectivity index (χ1v) is 10.1. The number of hydrogen-bond acceptors (Lipinski definition) is 3. The second-order valence-corrected chi connectivity index (χ2v) is 8.29. The second kappa shape index (κ2) is 9.02. The SMILES string of the molecule is CN=C(NCCC(C)C)NCC1(N2CCSCC2)CCCC1. The Morgan fingerprint density at radius 1 is 1.18 bits per heavy atom. The van der Waals surface area contributed by atoms with Gasteiger partial charge in [0.2, 0.25) is 0 Å². The van der Waals surface area contributed by atoms with Crippen LogP contribution in [0.1, 0.15) is 46.0 Å². The summed E-state index contributed by atoms with van der Waals surface area (Å²) in [5, 5.41) is 7.07. The minimum atomic E-state index is 0.372. The van der Waals surface area contributed by atoms with Crippen molar-refractivity contribution in [3.63, 3.8) is 0 Å². The van der Waals surface area contributed by atoms with E-state index in [0.717, 1.165) is 25.0 Å². The molecular formula is C17H34N4S. The fourth-order valence-corrected chi connectivity index (χ4v) is 4.53. The highest BCUT2D eigenvalue weighted by atomic mass is 32.2. The number of hydrogen-bond donors (Lipinski definition) is 2. The number of rotatable bonds is 6. The summed E-state index contributed by atoms with van der Waals surface area (Å²) in [6.45, 7) is 9.08. The molecule has 0 aromatic carbocycles. The Labute approximate surface area is 140 Å². The molecule has 1 aliphatic heterocycles. The average Bonchev–Trinajstić information content (AvgIpc) is 3.01. The molecule has 0 aromatic rings. The standard InChI is InChI=1S/C17H34N4S/c1-15(2)6-9-19-16(18-3)20-14-17(7-4-5-8-17)21-10-12-22-13-11-21/h15H,4-14H2,1-3H3,(H2,18,19,20). The van der Waals surface area contributed by atoms with E-state index in [1.165, 1.54) is 56.7 Å². The summed E-state index contributed by atoms with van der Waals surface area (Å²) in [5.41, 5.74) is 0.372. The predicted octanol–water partition coefficient (Wildman–Crippen LogP) is 2.56. The fourth-order valence-electron chi connectivity index (χ4n) is 3.62. The molecule has 1 aliphatic carbocycles. The highest BCUT2D eigenvalue weighted by Gasteiger charge is 2.39. The van der Waals surface area contributed by atoms with Crippen molar-refractivity contribution in [2.24, 2.45) is 10.9 Å². The summed E-state index contributed by atoms with van der Waals surface area (Å²) >= 11 is 2.10. The van der Waals surface area contributed by atoms with E-state index >= 15 is 0 Å². The first-order valence-electron chi connectivity index (χ1n) is 8.93. The van der Waals surface area contributed by atoms with E-state index in [1.807, 2.05) is 7.05 Å². The van der Waals surface area contributed by atoms with E-state index in [4.69, 9.17) is 0 Å². The molecular weight excluding hydrogens is 292 g/mol. The van der Waals surface area contributed by atoms with E-state index in [1.54, 1.807) is 0 Å². The summed E-state index contributed by atoms with van der Waals surface area (Å²) in [6.07, 6.45) is 6.63. The van der Waals surface area contributed by atoms with Crippen LogP contribution in [0.2, 0.25) is 0 Å². The predicted molar refractivity (Wildman–Crippen MR) is 98.9 cm³/mol. The average molecular weight is 327 g/mol. The third kappa shape index (κ3) is 5.05. The Hall–Kier alpha value is -0.420. The third-order valence-corrected chi connectivity index (χ3v) is 5.98. The lowest BCUT2D eigenvalue weighted by molar-refractivity contribution is 0.107. The lowest BCUT2D eigenvalue weighted by Gasteiger charge is -2.43. The first-order chi connectivity index (χ1) is 10.7. The van der Waals surface area contributed by atoms with E-state index < -0.39 is 0 Å². The monoisotopic (exact) mass is 326 g/mol. The van der Waals surface area contributed by atoms with Crippen molar-refractivity contribution in [3.8, 4) is 0 Å². The van der Waals surface area contributed by atoms with Gasteiger partial charge in [-0.15, -0.1) is 0 Å². The number of nitrogens with zero attached hydrogens (tertiary/aromatic N) is 2. The smallest absolute Gasteiger partial charge is 0.191 e. The molecule has 0 aromatic heterocycles. The van der Waals surface area contributed by atoms with Crippen LogP contribution in [0.5, 0.6) is 0 Å². The Kier molecular flexibility index (Phi) is 7.35. The Balaban J connectivity index is 1.85. The molecule has 4 nitrogen and oxygen atoms in total. The lowest BCUT2D eigenvalue weighted by Crippen LogP contribution is -2.57. The maximum atomic E-state index is 4.39. The van der Waals surface area contributed by atoms with Gasteiger partial charge >= 0.3 is 0 Å². The normalized spacial score (nSPS) is 23.0. The zero-order valence-corrected chi connectivity index (χ0v) is 15.5. The molecule has 0 amide bonds. The van der Waals surface area contributed by atoms with Crippen molar-refractivity contribution in [1.29, 1.82) is 0 Å². The van der Waals surface area contributed by atoms with Crippen molar-refractivity contribution < 1.29 is 0 Å². The summed E-state index contributed by atoms with van der Waals surface area (Å²) in [6, 6.07) is 0. The topological polar surface area (TPSA) is 39.7 Å². The minimum Gasteiger partial charge on any atom is -0.356 e. The lowest BCUT2D eigenvalue weighted by atomic mass is 9.94. The van der Waals surface area contributed by atoms with Crippen LogP contribution in [-0.2, 0) is 0 Å². The van der Waals surface area contributed by atoms with Gasteiger partial charge in [-0.3, -0.25) is 9.89 Å². The Bertz CT molecular complexity index is 345. The summed E-state index contributed by atoms with van der Waals surface area (Å²) in [5.74, 6) is 4.29. The zero-order chi connectivity index (χ0) is 15.8. The van der Waals surface area contributed by atoms with E-state index in [2.05, 4.69) is 46.1 Å². The van der Waals surface area contributed by atoms with Gasteiger partial charge in [0, 0.05) is 50.3 Å². The number of guanidine groups is 1. The molecule has 1 saturated heterocycles. The molecule has 1 saturated carbocycles. The van der Waals surface area contributed by atoms with Gasteiger partial charge in [0.25, 0.3) is 0 Å². The van der Waals surface area contributed by atoms with Crippen LogP contribution in [-0.4, -0.2) is 61.1 Å². The van der Waals surface area contributed by atoms with Gasteiger partial charge in [0.15, 0.2) is 5.96 Å². The Morgan fingerprint density at radius 3 is 2.45 bits per heavy atom. The molecule has 1 heterocycles. The maximum absolute atomic E-state index is 4.39. The number of thioether (sulfide) groups is 1. The highest BCUT2D eigenvalue weighted by Crippen LogP contribution is 2.36. The molecule has 2 N–H and O–H groups in total. The van der Waals surface area contributed by atoms with Gasteiger partial charge in [-0.1, -0.05) is 26.7 Å². The van der Waals surface area contributed by atoms with Gasteiger partial charge in [0.05, 0.1) is 0 Å². The van der Waals surface area contributed by atoms with Gasteiger partial charge < -0.3 is 10.6 Å². The van der Waals surface area contributed by atoms with Crippen LogP contribution in [0.25, 0.3) is 0 Å². The summed E-state index contributed by atoms with van der Waals surface area (Å²) in [7, 11) is 1.88. The molecule has 2 fully saturated rings. The van der Waals surface area contributed by atoms with E-state index in [-0.39, 0.29) is 0 Å². The molecule has 5 heteroatoms. The van der Waals surface area contributed by atoms with Crippen molar-refractivity contribution in [3.05, 3.63) is 0 Å². The molecule has 22 heavy (non-hydrogen) atoms. The number of nitrogens with one attached hydrogen (secondary N) is 2. The van der Waals surface area contributed by atoms with Gasteiger partial charge in [0.1, 0.15) is 0 Å². The van der Waals surface area contributed by atoms with Crippen LogP contribution in [0.4, 0.5) is 0 Å². The molecule has 0 atom stereocenters. The van der Waals surface area contributed by atoms with Crippen LogP contribution in [0, 0.1) is 5.92 Å². The molecule has 0 bridgehead atoms. The second-order valence-electron chi connectivity index (χ2n) is 7.07. The van der Waals surface area contributed by atoms with Crippen molar-refractivity contribution in [2.75, 3.05) is 44.7 Å². The van der Waals surface area contributed by atoms with Crippen LogP contribution in [0.3, 0.4) is 0 Å². The van der Waals surface area contributed by atoms with Crippen molar-refractivity contribution >= 4 is 17.7 Å². The number of aliphatic imine (C=N–C) groups is 1. The van der Waals surface area contributed by atoms with Crippen molar-refractivity contribution in [1.82, 2.24) is 15.5 Å². The molecule has 0 spiro atoms. The molecule has 2 aliphatic rings. The van der Waals surface area contributed by atoms with Gasteiger partial charge in [-0.05, 0) is 25.2 Å². The molecule has 0 unspecified atom stereocenters. The van der Waals surface area contributed by atoms with E-state index in [9.17, 15) is 0 Å².